The third-order valence-corrected chi connectivity index (χ3v) is 1.95. The van der Waals surface area contributed by atoms with Crippen LogP contribution >= 0.6 is 12.6 Å². The zero-order valence-electron chi connectivity index (χ0n) is 7.40. The van der Waals surface area contributed by atoms with Gasteiger partial charge in [-0.2, -0.15) is 12.6 Å². The second-order valence-corrected chi connectivity index (χ2v) is 3.90. The second-order valence-electron chi connectivity index (χ2n) is 3.02. The van der Waals surface area contributed by atoms with E-state index in [1.54, 1.807) is 12.1 Å². The standard InChI is InChI=1S/C10H12O2S/c1-7(13)6-8-4-2-3-5-9(8)10(11)12/h2-5,7,13H,6H2,1H3,(H,11,12). The maximum Gasteiger partial charge on any atom is 0.335 e. The summed E-state index contributed by atoms with van der Waals surface area (Å²) in [5, 5.41) is 9.03. The monoisotopic (exact) mass is 196 g/mol. The molecular formula is C10H12O2S. The van der Waals surface area contributed by atoms with Crippen LogP contribution in [0.4, 0.5) is 0 Å². The number of hydrogen-bond donors (Lipinski definition) is 2. The molecule has 0 fully saturated rings. The zero-order valence-corrected chi connectivity index (χ0v) is 8.29. The lowest BCUT2D eigenvalue weighted by molar-refractivity contribution is 0.0695. The van der Waals surface area contributed by atoms with Crippen molar-refractivity contribution in [2.24, 2.45) is 0 Å². The summed E-state index contributed by atoms with van der Waals surface area (Å²) in [5.74, 6) is -0.871. The molecule has 13 heavy (non-hydrogen) atoms. The summed E-state index contributed by atoms with van der Waals surface area (Å²) in [4.78, 5) is 10.8. The van der Waals surface area contributed by atoms with Gasteiger partial charge >= 0.3 is 5.97 Å². The topological polar surface area (TPSA) is 37.3 Å². The third kappa shape index (κ3) is 2.77. The van der Waals surface area contributed by atoms with E-state index in [1.807, 2.05) is 19.1 Å². The van der Waals surface area contributed by atoms with E-state index in [-0.39, 0.29) is 5.25 Å². The number of carbonyl (C=O) groups is 1. The molecule has 0 aliphatic heterocycles. The van der Waals surface area contributed by atoms with E-state index in [0.29, 0.717) is 12.0 Å². The number of benzene rings is 1. The molecule has 1 aromatic carbocycles. The lowest BCUT2D eigenvalue weighted by Crippen LogP contribution is -2.06. The molecule has 0 saturated heterocycles. The Bertz CT molecular complexity index is 308. The van der Waals surface area contributed by atoms with Crippen LogP contribution in [0.15, 0.2) is 24.3 Å². The molecule has 2 nitrogen and oxygen atoms in total. The van der Waals surface area contributed by atoms with Crippen molar-refractivity contribution in [3.8, 4) is 0 Å². The molecule has 0 aromatic heterocycles. The summed E-state index contributed by atoms with van der Waals surface area (Å²) < 4.78 is 0. The predicted molar refractivity (Wildman–Crippen MR) is 55.6 cm³/mol. The first kappa shape index (κ1) is 10.1. The van der Waals surface area contributed by atoms with E-state index in [4.69, 9.17) is 5.11 Å². The Kier molecular flexibility index (Phi) is 3.37. The van der Waals surface area contributed by atoms with Crippen molar-refractivity contribution in [1.82, 2.24) is 0 Å². The molecule has 1 unspecified atom stereocenters. The fourth-order valence-electron chi connectivity index (χ4n) is 1.23. The van der Waals surface area contributed by atoms with E-state index in [9.17, 15) is 4.79 Å². The van der Waals surface area contributed by atoms with Gasteiger partial charge in [-0.1, -0.05) is 25.1 Å². The fraction of sp³-hybridized carbons (Fsp3) is 0.300. The SMILES string of the molecule is CC(S)Cc1ccccc1C(=O)O. The van der Waals surface area contributed by atoms with Gasteiger partial charge in [0.2, 0.25) is 0 Å². The van der Waals surface area contributed by atoms with Crippen molar-refractivity contribution >= 4 is 18.6 Å². The molecule has 0 saturated carbocycles. The molecular weight excluding hydrogens is 184 g/mol. The molecule has 1 rings (SSSR count). The van der Waals surface area contributed by atoms with E-state index in [1.165, 1.54) is 0 Å². The highest BCUT2D eigenvalue weighted by atomic mass is 32.1. The fourth-order valence-corrected chi connectivity index (χ4v) is 1.42. The number of thiol groups is 1. The number of aromatic carboxylic acids is 1. The molecule has 0 aliphatic carbocycles. The maximum atomic E-state index is 10.8. The maximum absolute atomic E-state index is 10.8. The van der Waals surface area contributed by atoms with Crippen LogP contribution in [-0.4, -0.2) is 16.3 Å². The van der Waals surface area contributed by atoms with Gasteiger partial charge in [0, 0.05) is 5.25 Å². The largest absolute Gasteiger partial charge is 0.478 e. The van der Waals surface area contributed by atoms with E-state index in [2.05, 4.69) is 12.6 Å². The first-order valence-corrected chi connectivity index (χ1v) is 4.62. The van der Waals surface area contributed by atoms with E-state index >= 15 is 0 Å². The molecule has 1 aromatic rings. The van der Waals surface area contributed by atoms with Gasteiger partial charge in [-0.05, 0) is 18.1 Å². The summed E-state index contributed by atoms with van der Waals surface area (Å²) in [6, 6.07) is 7.03. The normalized spacial score (nSPS) is 12.5. The average molecular weight is 196 g/mol. The highest BCUT2D eigenvalue weighted by Gasteiger charge is 2.09. The Balaban J connectivity index is 2.98. The molecule has 0 radical (unpaired) electrons. The highest BCUT2D eigenvalue weighted by Crippen LogP contribution is 2.13. The Morgan fingerprint density at radius 3 is 2.69 bits per heavy atom. The van der Waals surface area contributed by atoms with E-state index in [0.717, 1.165) is 5.56 Å². The van der Waals surface area contributed by atoms with E-state index < -0.39 is 5.97 Å². The van der Waals surface area contributed by atoms with Crippen molar-refractivity contribution in [2.75, 3.05) is 0 Å². The quantitative estimate of drug-likeness (QED) is 0.727. The van der Waals surface area contributed by atoms with Crippen molar-refractivity contribution in [3.63, 3.8) is 0 Å². The van der Waals surface area contributed by atoms with Crippen LogP contribution in [-0.2, 0) is 6.42 Å². The van der Waals surface area contributed by atoms with Gasteiger partial charge < -0.3 is 5.11 Å². The Morgan fingerprint density at radius 2 is 2.15 bits per heavy atom. The van der Waals surface area contributed by atoms with Crippen LogP contribution in [0.5, 0.6) is 0 Å². The van der Waals surface area contributed by atoms with Gasteiger partial charge in [-0.15, -0.1) is 0 Å². The summed E-state index contributed by atoms with van der Waals surface area (Å²) in [5.41, 5.74) is 1.22. The number of hydrogen-bond acceptors (Lipinski definition) is 2. The van der Waals surface area contributed by atoms with Crippen LogP contribution in [0.3, 0.4) is 0 Å². The molecule has 0 heterocycles. The lowest BCUT2D eigenvalue weighted by atomic mass is 10.0. The van der Waals surface area contributed by atoms with Gasteiger partial charge in [-0.25, -0.2) is 4.79 Å². The van der Waals surface area contributed by atoms with Crippen molar-refractivity contribution in [1.29, 1.82) is 0 Å². The molecule has 70 valence electrons. The van der Waals surface area contributed by atoms with Crippen LogP contribution < -0.4 is 0 Å². The van der Waals surface area contributed by atoms with Crippen LogP contribution in [0.25, 0.3) is 0 Å². The zero-order chi connectivity index (χ0) is 9.84. The summed E-state index contributed by atoms with van der Waals surface area (Å²) in [6.45, 7) is 1.95. The van der Waals surface area contributed by atoms with Crippen LogP contribution in [0, 0.1) is 0 Å². The number of carboxylic acid groups (broad SMARTS) is 1. The first-order valence-electron chi connectivity index (χ1n) is 4.10. The van der Waals surface area contributed by atoms with Gasteiger partial charge in [0.25, 0.3) is 0 Å². The average Bonchev–Trinajstić information content (AvgIpc) is 2.03. The highest BCUT2D eigenvalue weighted by molar-refractivity contribution is 7.80. The minimum absolute atomic E-state index is 0.181. The predicted octanol–water partition coefficient (Wildman–Crippen LogP) is 2.25. The van der Waals surface area contributed by atoms with Gasteiger partial charge in [-0.3, -0.25) is 0 Å². The third-order valence-electron chi connectivity index (χ3n) is 1.76. The number of rotatable bonds is 3. The summed E-state index contributed by atoms with van der Waals surface area (Å²) in [7, 11) is 0. The molecule has 0 bridgehead atoms. The lowest BCUT2D eigenvalue weighted by Gasteiger charge is -2.07. The van der Waals surface area contributed by atoms with Crippen molar-refractivity contribution in [3.05, 3.63) is 35.4 Å². The molecule has 1 N–H and O–H groups in total. The summed E-state index contributed by atoms with van der Waals surface area (Å²) >= 11 is 4.23. The minimum Gasteiger partial charge on any atom is -0.478 e. The van der Waals surface area contributed by atoms with Gasteiger partial charge in [0.05, 0.1) is 5.56 Å². The first-order chi connectivity index (χ1) is 6.11. The molecule has 1 atom stereocenters. The summed E-state index contributed by atoms with van der Waals surface area (Å²) in [6.07, 6.45) is 0.686. The van der Waals surface area contributed by atoms with Crippen LogP contribution in [0.2, 0.25) is 0 Å². The smallest absolute Gasteiger partial charge is 0.335 e. The molecule has 3 heteroatoms. The Hall–Kier alpha value is -0.960. The molecule has 0 aliphatic rings. The van der Waals surface area contributed by atoms with Crippen molar-refractivity contribution in [2.45, 2.75) is 18.6 Å². The van der Waals surface area contributed by atoms with Crippen LogP contribution in [0.1, 0.15) is 22.8 Å². The Labute approximate surface area is 83.0 Å². The molecule has 0 amide bonds. The van der Waals surface area contributed by atoms with Crippen molar-refractivity contribution < 1.29 is 9.90 Å². The minimum atomic E-state index is -0.871. The second kappa shape index (κ2) is 4.33. The van der Waals surface area contributed by atoms with Gasteiger partial charge in [0.1, 0.15) is 0 Å². The van der Waals surface area contributed by atoms with Gasteiger partial charge in [0.15, 0.2) is 0 Å². The molecule has 0 spiro atoms. The Morgan fingerprint density at radius 1 is 1.54 bits per heavy atom. The number of carboxylic acids is 1.